The molecule has 1 aromatic rings. The van der Waals surface area contributed by atoms with Crippen molar-refractivity contribution in [2.24, 2.45) is 0 Å². The molecule has 1 aromatic heterocycles. The first-order valence-corrected chi connectivity index (χ1v) is 6.68. The minimum atomic E-state index is -0.257. The Morgan fingerprint density at radius 3 is 2.80 bits per heavy atom. The fourth-order valence-corrected chi connectivity index (χ4v) is 2.86. The molecule has 1 atom stereocenters. The first kappa shape index (κ1) is 11.1. The van der Waals surface area contributed by atoms with Crippen LogP contribution in [0.1, 0.15) is 36.7 Å². The molecule has 0 radical (unpaired) electrons. The van der Waals surface area contributed by atoms with E-state index in [0.29, 0.717) is 0 Å². The van der Waals surface area contributed by atoms with E-state index in [1.54, 1.807) is 11.3 Å². The maximum atomic E-state index is 9.92. The average molecular weight is 225 g/mol. The van der Waals surface area contributed by atoms with Gasteiger partial charge in [-0.25, -0.2) is 0 Å². The normalized spacial score (nSPS) is 20.3. The zero-order chi connectivity index (χ0) is 10.5. The highest BCUT2D eigenvalue weighted by molar-refractivity contribution is 7.10. The largest absolute Gasteiger partial charge is 0.388 e. The van der Waals surface area contributed by atoms with Gasteiger partial charge in [0, 0.05) is 11.4 Å². The van der Waals surface area contributed by atoms with Gasteiger partial charge in [0.1, 0.15) is 0 Å². The van der Waals surface area contributed by atoms with Crippen LogP contribution in [0.15, 0.2) is 17.5 Å². The number of nitrogens with zero attached hydrogens (tertiary/aromatic N) is 1. The maximum Gasteiger partial charge on any atom is 0.0894 e. The lowest BCUT2D eigenvalue weighted by atomic mass is 10.1. The SMILES string of the molecule is O[C@@H](CCN1CCCCC1)c1cccs1. The smallest absolute Gasteiger partial charge is 0.0894 e. The minimum absolute atomic E-state index is 0.257. The predicted molar refractivity (Wildman–Crippen MR) is 64.2 cm³/mol. The van der Waals surface area contributed by atoms with Gasteiger partial charge in [0.2, 0.25) is 0 Å². The number of hydrogen-bond donors (Lipinski definition) is 1. The molecule has 0 unspecified atom stereocenters. The first-order valence-electron chi connectivity index (χ1n) is 5.80. The number of piperidine rings is 1. The van der Waals surface area contributed by atoms with Crippen molar-refractivity contribution in [2.45, 2.75) is 31.8 Å². The lowest BCUT2D eigenvalue weighted by molar-refractivity contribution is 0.136. The van der Waals surface area contributed by atoms with Crippen molar-refractivity contribution in [3.63, 3.8) is 0 Å². The van der Waals surface area contributed by atoms with E-state index in [1.807, 2.05) is 17.5 Å². The van der Waals surface area contributed by atoms with Crippen molar-refractivity contribution >= 4 is 11.3 Å². The monoisotopic (exact) mass is 225 g/mol. The lowest BCUT2D eigenvalue weighted by Gasteiger charge is -2.27. The van der Waals surface area contributed by atoms with Crippen molar-refractivity contribution in [1.29, 1.82) is 0 Å². The predicted octanol–water partition coefficient (Wildman–Crippen LogP) is 2.66. The molecule has 3 heteroatoms. The van der Waals surface area contributed by atoms with Crippen LogP contribution in [0.25, 0.3) is 0 Å². The van der Waals surface area contributed by atoms with Gasteiger partial charge >= 0.3 is 0 Å². The number of likely N-dealkylation sites (tertiary alicyclic amines) is 1. The van der Waals surface area contributed by atoms with E-state index in [4.69, 9.17) is 0 Å². The van der Waals surface area contributed by atoms with Gasteiger partial charge in [-0.2, -0.15) is 0 Å². The summed E-state index contributed by atoms with van der Waals surface area (Å²) in [5.74, 6) is 0. The molecule has 0 bridgehead atoms. The second-order valence-electron chi connectivity index (χ2n) is 4.22. The van der Waals surface area contributed by atoms with E-state index >= 15 is 0 Å². The van der Waals surface area contributed by atoms with E-state index in [-0.39, 0.29) is 6.10 Å². The second kappa shape index (κ2) is 5.64. The molecule has 0 saturated carbocycles. The summed E-state index contributed by atoms with van der Waals surface area (Å²) < 4.78 is 0. The van der Waals surface area contributed by atoms with Crippen molar-refractivity contribution in [1.82, 2.24) is 4.90 Å². The zero-order valence-corrected chi connectivity index (χ0v) is 9.88. The minimum Gasteiger partial charge on any atom is -0.388 e. The van der Waals surface area contributed by atoms with Crippen LogP contribution in [-0.4, -0.2) is 29.6 Å². The molecule has 1 N–H and O–H groups in total. The van der Waals surface area contributed by atoms with Crippen LogP contribution in [0.2, 0.25) is 0 Å². The Morgan fingerprint density at radius 2 is 2.13 bits per heavy atom. The number of hydrogen-bond acceptors (Lipinski definition) is 3. The van der Waals surface area contributed by atoms with Gasteiger partial charge in [-0.3, -0.25) is 0 Å². The van der Waals surface area contributed by atoms with Gasteiger partial charge in [0.25, 0.3) is 0 Å². The van der Waals surface area contributed by atoms with Gasteiger partial charge in [-0.05, 0) is 43.8 Å². The Bertz CT molecular complexity index is 267. The van der Waals surface area contributed by atoms with E-state index < -0.39 is 0 Å². The van der Waals surface area contributed by atoms with E-state index in [0.717, 1.165) is 17.8 Å². The molecular weight excluding hydrogens is 206 g/mol. The number of aliphatic hydroxyl groups excluding tert-OH is 1. The molecule has 0 aliphatic carbocycles. The molecule has 2 nitrogen and oxygen atoms in total. The van der Waals surface area contributed by atoms with E-state index in [9.17, 15) is 5.11 Å². The molecule has 0 amide bonds. The van der Waals surface area contributed by atoms with Crippen LogP contribution in [-0.2, 0) is 0 Å². The van der Waals surface area contributed by atoms with Crippen molar-refractivity contribution in [3.8, 4) is 0 Å². The molecule has 0 spiro atoms. The fraction of sp³-hybridized carbons (Fsp3) is 0.667. The molecule has 15 heavy (non-hydrogen) atoms. The molecule has 2 rings (SSSR count). The summed E-state index contributed by atoms with van der Waals surface area (Å²) in [5.41, 5.74) is 0. The Kier molecular flexibility index (Phi) is 4.18. The summed E-state index contributed by atoms with van der Waals surface area (Å²) in [6, 6.07) is 4.02. The zero-order valence-electron chi connectivity index (χ0n) is 9.06. The van der Waals surface area contributed by atoms with Crippen LogP contribution in [0.4, 0.5) is 0 Å². The highest BCUT2D eigenvalue weighted by Gasteiger charge is 2.13. The van der Waals surface area contributed by atoms with Crippen molar-refractivity contribution in [3.05, 3.63) is 22.4 Å². The molecule has 84 valence electrons. The van der Waals surface area contributed by atoms with Crippen LogP contribution in [0.5, 0.6) is 0 Å². The van der Waals surface area contributed by atoms with Crippen LogP contribution >= 0.6 is 11.3 Å². The number of rotatable bonds is 4. The Balaban J connectivity index is 1.73. The summed E-state index contributed by atoms with van der Waals surface area (Å²) in [6.45, 7) is 3.48. The summed E-state index contributed by atoms with van der Waals surface area (Å²) in [5, 5.41) is 12.0. The third-order valence-electron chi connectivity index (χ3n) is 3.04. The Morgan fingerprint density at radius 1 is 1.33 bits per heavy atom. The van der Waals surface area contributed by atoms with Crippen molar-refractivity contribution in [2.75, 3.05) is 19.6 Å². The van der Waals surface area contributed by atoms with Crippen LogP contribution < -0.4 is 0 Å². The third kappa shape index (κ3) is 3.30. The van der Waals surface area contributed by atoms with E-state index in [1.165, 1.54) is 32.4 Å². The quantitative estimate of drug-likeness (QED) is 0.851. The van der Waals surface area contributed by atoms with Gasteiger partial charge in [-0.1, -0.05) is 12.5 Å². The molecule has 2 heterocycles. The number of aliphatic hydroxyl groups is 1. The molecule has 1 saturated heterocycles. The Labute approximate surface area is 95.5 Å². The van der Waals surface area contributed by atoms with Gasteiger partial charge < -0.3 is 10.0 Å². The van der Waals surface area contributed by atoms with E-state index in [2.05, 4.69) is 4.90 Å². The van der Waals surface area contributed by atoms with Crippen LogP contribution in [0, 0.1) is 0 Å². The highest BCUT2D eigenvalue weighted by atomic mass is 32.1. The summed E-state index contributed by atoms with van der Waals surface area (Å²) >= 11 is 1.65. The standard InChI is InChI=1S/C12H19NOS/c14-11(12-5-4-10-15-12)6-9-13-7-2-1-3-8-13/h4-5,10-11,14H,1-3,6-9H2/t11-/m0/s1. The van der Waals surface area contributed by atoms with Gasteiger partial charge in [-0.15, -0.1) is 11.3 Å². The number of thiophene rings is 1. The summed E-state index contributed by atoms with van der Waals surface area (Å²) in [7, 11) is 0. The first-order chi connectivity index (χ1) is 7.36. The fourth-order valence-electron chi connectivity index (χ4n) is 2.11. The topological polar surface area (TPSA) is 23.5 Å². The second-order valence-corrected chi connectivity index (χ2v) is 5.20. The summed E-state index contributed by atoms with van der Waals surface area (Å²) in [4.78, 5) is 3.58. The molecular formula is C12H19NOS. The average Bonchev–Trinajstić information content (AvgIpc) is 2.81. The van der Waals surface area contributed by atoms with Crippen LogP contribution in [0.3, 0.4) is 0 Å². The van der Waals surface area contributed by atoms with Gasteiger partial charge in [0.05, 0.1) is 6.10 Å². The molecule has 1 fully saturated rings. The molecule has 1 aliphatic heterocycles. The lowest BCUT2D eigenvalue weighted by Crippen LogP contribution is -2.31. The molecule has 0 aromatic carbocycles. The highest BCUT2D eigenvalue weighted by Crippen LogP contribution is 2.22. The van der Waals surface area contributed by atoms with Gasteiger partial charge in [0.15, 0.2) is 0 Å². The third-order valence-corrected chi connectivity index (χ3v) is 4.01. The van der Waals surface area contributed by atoms with Crippen molar-refractivity contribution < 1.29 is 5.11 Å². The Hall–Kier alpha value is -0.380. The molecule has 1 aliphatic rings. The maximum absolute atomic E-state index is 9.92. The summed E-state index contributed by atoms with van der Waals surface area (Å²) in [6.07, 6.45) is 4.65.